The fourth-order valence-corrected chi connectivity index (χ4v) is 5.50. The second-order valence-corrected chi connectivity index (χ2v) is 10.8. The van der Waals surface area contributed by atoms with Gasteiger partial charge in [0.05, 0.1) is 32.6 Å². The fourth-order valence-electron chi connectivity index (χ4n) is 3.18. The summed E-state index contributed by atoms with van der Waals surface area (Å²) in [5.74, 6) is 2.37. The molecule has 0 radical (unpaired) electrons. The summed E-state index contributed by atoms with van der Waals surface area (Å²) in [5, 5.41) is 0. The minimum atomic E-state index is -1.20. The van der Waals surface area contributed by atoms with Crippen molar-refractivity contribution < 1.29 is 13.7 Å². The van der Waals surface area contributed by atoms with E-state index in [2.05, 4.69) is 6.07 Å². The molecule has 1 aliphatic rings. The first-order chi connectivity index (χ1) is 13.4. The molecule has 0 aromatic heterocycles. The van der Waals surface area contributed by atoms with E-state index in [0.717, 1.165) is 37.3 Å². The molecule has 3 aromatic carbocycles. The van der Waals surface area contributed by atoms with Crippen molar-refractivity contribution >= 4 is 22.6 Å². The third-order valence-electron chi connectivity index (χ3n) is 4.49. The average molecular weight is 411 g/mol. The zero-order valence-electron chi connectivity index (χ0n) is 16.3. The number of rotatable bonds is 3. The topological polar surface area (TPSA) is 35.5 Å². The van der Waals surface area contributed by atoms with E-state index in [-0.39, 0.29) is 4.75 Å². The van der Waals surface area contributed by atoms with E-state index in [9.17, 15) is 4.21 Å². The van der Waals surface area contributed by atoms with Gasteiger partial charge in [0, 0.05) is 15.9 Å². The van der Waals surface area contributed by atoms with Gasteiger partial charge in [0.2, 0.25) is 0 Å². The molecule has 144 valence electrons. The molecule has 28 heavy (non-hydrogen) atoms. The lowest BCUT2D eigenvalue weighted by Crippen LogP contribution is -2.22. The fraction of sp³-hybridized carbons (Fsp3) is 0.217. The van der Waals surface area contributed by atoms with Crippen molar-refractivity contribution in [1.82, 2.24) is 0 Å². The van der Waals surface area contributed by atoms with Gasteiger partial charge in [-0.25, -0.2) is 0 Å². The van der Waals surface area contributed by atoms with Crippen molar-refractivity contribution in [2.24, 2.45) is 0 Å². The maximum atomic E-state index is 13.3. The SMILES string of the molecule is COc1cccc(S(=O)C(C)(C)C)c1-c1cccc2c1Sc1ccccc1O2. The highest BCUT2D eigenvalue weighted by atomic mass is 32.2. The van der Waals surface area contributed by atoms with Crippen LogP contribution in [-0.2, 0) is 10.8 Å². The Hall–Kier alpha value is -2.24. The first-order valence-electron chi connectivity index (χ1n) is 9.07. The Labute approximate surface area is 172 Å². The van der Waals surface area contributed by atoms with Gasteiger partial charge in [0.25, 0.3) is 0 Å². The Morgan fingerprint density at radius 3 is 2.39 bits per heavy atom. The molecule has 0 spiro atoms. The van der Waals surface area contributed by atoms with Crippen LogP contribution in [-0.4, -0.2) is 16.1 Å². The predicted octanol–water partition coefficient (Wildman–Crippen LogP) is 6.53. The molecular weight excluding hydrogens is 388 g/mol. The van der Waals surface area contributed by atoms with Crippen molar-refractivity contribution in [3.8, 4) is 28.4 Å². The van der Waals surface area contributed by atoms with Crippen LogP contribution in [0.1, 0.15) is 20.8 Å². The van der Waals surface area contributed by atoms with Crippen molar-refractivity contribution in [1.29, 1.82) is 0 Å². The molecular formula is C23H22O3S2. The van der Waals surface area contributed by atoms with Crippen LogP contribution >= 0.6 is 11.8 Å². The van der Waals surface area contributed by atoms with E-state index in [4.69, 9.17) is 9.47 Å². The first-order valence-corrected chi connectivity index (χ1v) is 11.0. The highest BCUT2D eigenvalue weighted by Crippen LogP contribution is 2.52. The summed E-state index contributed by atoms with van der Waals surface area (Å²) in [7, 11) is 0.449. The Balaban J connectivity index is 1.94. The van der Waals surface area contributed by atoms with Gasteiger partial charge in [-0.2, -0.15) is 0 Å². The second-order valence-electron chi connectivity index (χ2n) is 7.50. The number of para-hydroxylation sites is 1. The van der Waals surface area contributed by atoms with Crippen LogP contribution < -0.4 is 9.47 Å². The van der Waals surface area contributed by atoms with E-state index in [1.165, 1.54) is 0 Å². The van der Waals surface area contributed by atoms with Crippen LogP contribution in [0.3, 0.4) is 0 Å². The maximum Gasteiger partial charge on any atom is 0.142 e. The molecule has 3 nitrogen and oxygen atoms in total. The molecule has 1 atom stereocenters. The van der Waals surface area contributed by atoms with Gasteiger partial charge in [0.1, 0.15) is 17.2 Å². The van der Waals surface area contributed by atoms with E-state index >= 15 is 0 Å². The summed E-state index contributed by atoms with van der Waals surface area (Å²) in [6.45, 7) is 5.96. The zero-order chi connectivity index (χ0) is 19.9. The molecule has 0 saturated heterocycles. The van der Waals surface area contributed by atoms with Gasteiger partial charge in [-0.3, -0.25) is 4.21 Å². The molecule has 5 heteroatoms. The maximum absolute atomic E-state index is 13.3. The zero-order valence-corrected chi connectivity index (χ0v) is 17.9. The van der Waals surface area contributed by atoms with Crippen LogP contribution in [0.15, 0.2) is 75.4 Å². The number of ether oxygens (including phenoxy) is 2. The summed E-state index contributed by atoms with van der Waals surface area (Å²) in [6.07, 6.45) is 0. The van der Waals surface area contributed by atoms with E-state index < -0.39 is 10.8 Å². The number of hydrogen-bond acceptors (Lipinski definition) is 4. The minimum Gasteiger partial charge on any atom is -0.496 e. The average Bonchev–Trinajstić information content (AvgIpc) is 2.70. The van der Waals surface area contributed by atoms with E-state index in [1.807, 2.05) is 75.4 Å². The summed E-state index contributed by atoms with van der Waals surface area (Å²) in [6, 6.07) is 19.7. The molecule has 0 bridgehead atoms. The number of fused-ring (bicyclic) bond motifs is 2. The minimum absolute atomic E-state index is 0.383. The Bertz CT molecular complexity index is 1070. The van der Waals surface area contributed by atoms with Gasteiger partial charge in [-0.1, -0.05) is 42.1 Å². The molecule has 1 aliphatic heterocycles. The number of methoxy groups -OCH3 is 1. The monoisotopic (exact) mass is 410 g/mol. The second kappa shape index (κ2) is 7.30. The van der Waals surface area contributed by atoms with Crippen molar-refractivity contribution in [2.45, 2.75) is 40.2 Å². The molecule has 0 fully saturated rings. The third-order valence-corrected chi connectivity index (χ3v) is 7.53. The highest BCUT2D eigenvalue weighted by Gasteiger charge is 2.29. The standard InChI is InChI=1S/C23H22O3S2/c1-23(2,3)28(24)20-14-8-11-17(25-4)21(20)15-9-7-12-18-22(15)27-19-13-6-5-10-16(19)26-18/h5-14H,1-4H3. The molecule has 1 unspecified atom stereocenters. The van der Waals surface area contributed by atoms with Crippen LogP contribution in [0.25, 0.3) is 11.1 Å². The molecule has 0 N–H and O–H groups in total. The number of benzene rings is 3. The smallest absolute Gasteiger partial charge is 0.142 e. The van der Waals surface area contributed by atoms with E-state index in [0.29, 0.717) is 5.75 Å². The van der Waals surface area contributed by atoms with Crippen LogP contribution in [0.5, 0.6) is 17.2 Å². The molecule has 4 rings (SSSR count). The molecule has 3 aromatic rings. The predicted molar refractivity (Wildman–Crippen MR) is 115 cm³/mol. The third kappa shape index (κ3) is 3.33. The first kappa shape index (κ1) is 19.1. The lowest BCUT2D eigenvalue weighted by atomic mass is 10.0. The number of hydrogen-bond donors (Lipinski definition) is 0. The molecule has 1 heterocycles. The van der Waals surface area contributed by atoms with Gasteiger partial charge >= 0.3 is 0 Å². The van der Waals surface area contributed by atoms with Gasteiger partial charge < -0.3 is 9.47 Å². The summed E-state index contributed by atoms with van der Waals surface area (Å²) < 4.78 is 24.8. The summed E-state index contributed by atoms with van der Waals surface area (Å²) >= 11 is 1.67. The quantitative estimate of drug-likeness (QED) is 0.385. The lowest BCUT2D eigenvalue weighted by Gasteiger charge is -2.25. The normalized spacial score (nSPS) is 13.9. The van der Waals surface area contributed by atoms with Gasteiger partial charge in [-0.15, -0.1) is 0 Å². The van der Waals surface area contributed by atoms with Crippen molar-refractivity contribution in [2.75, 3.05) is 7.11 Å². The van der Waals surface area contributed by atoms with Crippen molar-refractivity contribution in [3.05, 3.63) is 60.7 Å². The van der Waals surface area contributed by atoms with Gasteiger partial charge in [0.15, 0.2) is 0 Å². The van der Waals surface area contributed by atoms with Crippen molar-refractivity contribution in [3.63, 3.8) is 0 Å². The van der Waals surface area contributed by atoms with Crippen LogP contribution in [0.2, 0.25) is 0 Å². The summed E-state index contributed by atoms with van der Waals surface area (Å²) in [4.78, 5) is 2.86. The lowest BCUT2D eigenvalue weighted by molar-refractivity contribution is 0.415. The van der Waals surface area contributed by atoms with Crippen LogP contribution in [0, 0.1) is 0 Å². The molecule has 0 saturated carbocycles. The van der Waals surface area contributed by atoms with Crippen LogP contribution in [0.4, 0.5) is 0 Å². The summed E-state index contributed by atoms with van der Waals surface area (Å²) in [5.41, 5.74) is 1.84. The van der Waals surface area contributed by atoms with E-state index in [1.54, 1.807) is 18.9 Å². The molecule has 0 aliphatic carbocycles. The highest BCUT2D eigenvalue weighted by molar-refractivity contribution is 7.99. The Morgan fingerprint density at radius 2 is 1.64 bits per heavy atom. The Morgan fingerprint density at radius 1 is 0.929 bits per heavy atom. The molecule has 0 amide bonds. The largest absolute Gasteiger partial charge is 0.496 e. The Kier molecular flexibility index (Phi) is 4.98. The van der Waals surface area contributed by atoms with Gasteiger partial charge in [-0.05, 0) is 51.1 Å².